The second-order valence-corrected chi connectivity index (χ2v) is 4.51. The molecule has 0 rings (SSSR count). The molecule has 0 fully saturated rings. The van der Waals surface area contributed by atoms with Crippen LogP contribution in [0.4, 0.5) is 0 Å². The van der Waals surface area contributed by atoms with Gasteiger partial charge < -0.3 is 19.3 Å². The van der Waals surface area contributed by atoms with Crippen LogP contribution in [0.15, 0.2) is 12.2 Å². The van der Waals surface area contributed by atoms with Crippen LogP contribution in [-0.2, 0) is 19.0 Å². The number of ether oxygens (including phenoxy) is 3. The minimum atomic E-state index is -1.21. The zero-order chi connectivity index (χ0) is 15.4. The van der Waals surface area contributed by atoms with Crippen molar-refractivity contribution < 1.29 is 24.1 Å². The Labute approximate surface area is 121 Å². The summed E-state index contributed by atoms with van der Waals surface area (Å²) in [6.07, 6.45) is 1.62. The van der Waals surface area contributed by atoms with Crippen molar-refractivity contribution in [3.8, 4) is 0 Å². The molecule has 1 N–H and O–H groups in total. The lowest BCUT2D eigenvalue weighted by molar-refractivity contribution is -0.188. The van der Waals surface area contributed by atoms with Crippen LogP contribution in [0.25, 0.3) is 0 Å². The Morgan fingerprint density at radius 3 is 2.00 bits per heavy atom. The third-order valence-corrected chi connectivity index (χ3v) is 2.71. The molecule has 5 heteroatoms. The summed E-state index contributed by atoms with van der Waals surface area (Å²) in [5.41, 5.74) is -0.0372. The van der Waals surface area contributed by atoms with E-state index in [0.29, 0.717) is 13.2 Å². The SMILES string of the molecule is C=C(C(=O)OCC)C(O)C(OCCCC)OCCCC. The van der Waals surface area contributed by atoms with Crippen molar-refractivity contribution in [1.82, 2.24) is 0 Å². The van der Waals surface area contributed by atoms with Crippen LogP contribution in [-0.4, -0.2) is 43.3 Å². The average molecular weight is 288 g/mol. The van der Waals surface area contributed by atoms with Crippen molar-refractivity contribution in [2.75, 3.05) is 19.8 Å². The van der Waals surface area contributed by atoms with Crippen molar-refractivity contribution in [2.24, 2.45) is 0 Å². The zero-order valence-corrected chi connectivity index (χ0v) is 12.9. The molecular weight excluding hydrogens is 260 g/mol. The van der Waals surface area contributed by atoms with Crippen molar-refractivity contribution in [3.63, 3.8) is 0 Å². The second kappa shape index (κ2) is 11.9. The minimum absolute atomic E-state index is 0.0372. The van der Waals surface area contributed by atoms with E-state index in [-0.39, 0.29) is 12.2 Å². The predicted molar refractivity (Wildman–Crippen MR) is 77.3 cm³/mol. The molecule has 118 valence electrons. The molecule has 20 heavy (non-hydrogen) atoms. The molecule has 0 spiro atoms. The van der Waals surface area contributed by atoms with Gasteiger partial charge in [0, 0.05) is 13.2 Å². The Hall–Kier alpha value is -0.910. The van der Waals surface area contributed by atoms with E-state index in [1.165, 1.54) is 0 Å². The zero-order valence-electron chi connectivity index (χ0n) is 12.9. The number of aliphatic hydroxyl groups excluding tert-OH is 1. The van der Waals surface area contributed by atoms with Gasteiger partial charge in [0.2, 0.25) is 0 Å². The molecule has 0 bridgehead atoms. The molecule has 0 aliphatic rings. The van der Waals surface area contributed by atoms with E-state index in [2.05, 4.69) is 6.58 Å². The van der Waals surface area contributed by atoms with Crippen molar-refractivity contribution in [2.45, 2.75) is 58.8 Å². The van der Waals surface area contributed by atoms with Gasteiger partial charge in [-0.1, -0.05) is 33.3 Å². The molecule has 0 saturated heterocycles. The molecule has 0 radical (unpaired) electrons. The Kier molecular flexibility index (Phi) is 11.3. The third-order valence-electron chi connectivity index (χ3n) is 2.71. The summed E-state index contributed by atoms with van der Waals surface area (Å²) in [4.78, 5) is 11.6. The van der Waals surface area contributed by atoms with E-state index in [1.807, 2.05) is 13.8 Å². The third kappa shape index (κ3) is 7.62. The highest BCUT2D eigenvalue weighted by atomic mass is 16.7. The maximum absolute atomic E-state index is 11.6. The van der Waals surface area contributed by atoms with Crippen LogP contribution >= 0.6 is 0 Å². The normalized spacial score (nSPS) is 12.4. The number of carbonyl (C=O) groups excluding carboxylic acids is 1. The molecule has 5 nitrogen and oxygen atoms in total. The first-order valence-electron chi connectivity index (χ1n) is 7.35. The van der Waals surface area contributed by atoms with Crippen molar-refractivity contribution in [3.05, 3.63) is 12.2 Å². The molecule has 0 aromatic heterocycles. The Morgan fingerprint density at radius 1 is 1.10 bits per heavy atom. The molecule has 1 unspecified atom stereocenters. The number of hydrogen-bond acceptors (Lipinski definition) is 5. The second-order valence-electron chi connectivity index (χ2n) is 4.51. The first-order chi connectivity index (χ1) is 9.58. The van der Waals surface area contributed by atoms with Gasteiger partial charge in [-0.3, -0.25) is 0 Å². The van der Waals surface area contributed by atoms with Crippen LogP contribution in [0, 0.1) is 0 Å². The van der Waals surface area contributed by atoms with E-state index in [4.69, 9.17) is 14.2 Å². The summed E-state index contributed by atoms with van der Waals surface area (Å²) in [5.74, 6) is -0.622. The molecule has 0 aromatic carbocycles. The van der Waals surface area contributed by atoms with Gasteiger partial charge in [-0.25, -0.2) is 4.79 Å². The highest BCUT2D eigenvalue weighted by molar-refractivity contribution is 5.88. The summed E-state index contributed by atoms with van der Waals surface area (Å²) in [7, 11) is 0. The maximum atomic E-state index is 11.6. The van der Waals surface area contributed by atoms with Crippen LogP contribution in [0.2, 0.25) is 0 Å². The maximum Gasteiger partial charge on any atom is 0.336 e. The molecular formula is C15H28O5. The molecule has 0 heterocycles. The fourth-order valence-corrected chi connectivity index (χ4v) is 1.43. The fraction of sp³-hybridized carbons (Fsp3) is 0.800. The quantitative estimate of drug-likeness (QED) is 0.258. The van der Waals surface area contributed by atoms with Crippen molar-refractivity contribution >= 4 is 5.97 Å². The minimum Gasteiger partial charge on any atom is -0.463 e. The van der Waals surface area contributed by atoms with E-state index in [9.17, 15) is 9.90 Å². The van der Waals surface area contributed by atoms with Crippen LogP contribution in [0.1, 0.15) is 46.5 Å². The van der Waals surface area contributed by atoms with Gasteiger partial charge in [0.1, 0.15) is 6.10 Å². The number of aliphatic hydroxyl groups is 1. The standard InChI is InChI=1S/C15H28O5/c1-5-8-10-19-15(20-11-9-6-2)13(16)12(4)14(17)18-7-3/h13,15-16H,4-11H2,1-3H3. The number of rotatable bonds is 12. The molecule has 0 aromatic rings. The monoisotopic (exact) mass is 288 g/mol. The number of carbonyl (C=O) groups is 1. The topological polar surface area (TPSA) is 65.0 Å². The highest BCUT2D eigenvalue weighted by Gasteiger charge is 2.28. The molecule has 0 aliphatic carbocycles. The van der Waals surface area contributed by atoms with E-state index in [0.717, 1.165) is 25.7 Å². The number of unbranched alkanes of at least 4 members (excludes halogenated alkanes) is 2. The van der Waals surface area contributed by atoms with Crippen molar-refractivity contribution in [1.29, 1.82) is 0 Å². The van der Waals surface area contributed by atoms with Gasteiger partial charge in [0.25, 0.3) is 0 Å². The summed E-state index contributed by atoms with van der Waals surface area (Å²) >= 11 is 0. The molecule has 0 saturated carbocycles. The molecule has 1 atom stereocenters. The average Bonchev–Trinajstić information content (AvgIpc) is 2.44. The van der Waals surface area contributed by atoms with Gasteiger partial charge >= 0.3 is 5.97 Å². The number of hydrogen-bond donors (Lipinski definition) is 1. The lowest BCUT2D eigenvalue weighted by Crippen LogP contribution is -2.36. The van der Waals surface area contributed by atoms with E-state index >= 15 is 0 Å². The fourth-order valence-electron chi connectivity index (χ4n) is 1.43. The largest absolute Gasteiger partial charge is 0.463 e. The number of esters is 1. The van der Waals surface area contributed by atoms with Gasteiger partial charge in [0.05, 0.1) is 12.2 Å². The Bertz CT molecular complexity index is 267. The van der Waals surface area contributed by atoms with Crippen LogP contribution < -0.4 is 0 Å². The van der Waals surface area contributed by atoms with Gasteiger partial charge in [0.15, 0.2) is 6.29 Å². The lowest BCUT2D eigenvalue weighted by Gasteiger charge is -2.24. The lowest BCUT2D eigenvalue weighted by atomic mass is 10.1. The smallest absolute Gasteiger partial charge is 0.336 e. The predicted octanol–water partition coefficient (Wildman–Crippen LogP) is 2.43. The van der Waals surface area contributed by atoms with Gasteiger partial charge in [-0.15, -0.1) is 0 Å². The summed E-state index contributed by atoms with van der Waals surface area (Å²) in [5, 5.41) is 10.1. The molecule has 0 aliphatic heterocycles. The van der Waals surface area contributed by atoms with Gasteiger partial charge in [-0.05, 0) is 19.8 Å². The first kappa shape index (κ1) is 19.1. The van der Waals surface area contributed by atoms with Gasteiger partial charge in [-0.2, -0.15) is 0 Å². The summed E-state index contributed by atoms with van der Waals surface area (Å²) in [6.45, 7) is 10.5. The van der Waals surface area contributed by atoms with E-state index in [1.54, 1.807) is 6.92 Å². The van der Waals surface area contributed by atoms with E-state index < -0.39 is 18.4 Å². The summed E-state index contributed by atoms with van der Waals surface area (Å²) in [6, 6.07) is 0. The molecule has 0 amide bonds. The Morgan fingerprint density at radius 2 is 1.60 bits per heavy atom. The highest BCUT2D eigenvalue weighted by Crippen LogP contribution is 2.13. The first-order valence-corrected chi connectivity index (χ1v) is 7.35. The van der Waals surface area contributed by atoms with Crippen LogP contribution in [0.5, 0.6) is 0 Å². The summed E-state index contributed by atoms with van der Waals surface area (Å²) < 4.78 is 15.8. The van der Waals surface area contributed by atoms with Crippen LogP contribution in [0.3, 0.4) is 0 Å². The Balaban J connectivity index is 4.46.